The first-order valence-corrected chi connectivity index (χ1v) is 12.8. The van der Waals surface area contributed by atoms with Crippen molar-refractivity contribution in [2.45, 2.75) is 70.4 Å². The van der Waals surface area contributed by atoms with E-state index in [0.29, 0.717) is 12.1 Å². The number of nitrogens with one attached hydrogen (secondary N) is 1. The Hall–Kier alpha value is -1.92. The minimum atomic E-state index is -0.483. The van der Waals surface area contributed by atoms with Gasteiger partial charge in [-0.05, 0) is 50.4 Å². The number of fused-ring (bicyclic) bond motifs is 1. The summed E-state index contributed by atoms with van der Waals surface area (Å²) < 4.78 is 0. The highest BCUT2D eigenvalue weighted by molar-refractivity contribution is 6.04. The molecule has 176 valence electrons. The van der Waals surface area contributed by atoms with Crippen molar-refractivity contribution in [1.82, 2.24) is 20.0 Å². The average molecular weight is 441 g/mol. The van der Waals surface area contributed by atoms with Crippen LogP contribution in [-0.4, -0.2) is 78.4 Å². The summed E-state index contributed by atoms with van der Waals surface area (Å²) in [4.78, 5) is 33.4. The SMILES string of the molecule is CCCN1CCN(CCCN2C(=O)c3ccccc3[C@H]2C(=O)NC2CCCCCC2)CC1. The third kappa shape index (κ3) is 5.52. The minimum absolute atomic E-state index is 0.00313. The van der Waals surface area contributed by atoms with Gasteiger partial charge in [0.05, 0.1) is 0 Å². The summed E-state index contributed by atoms with van der Waals surface area (Å²) in [5, 5.41) is 3.30. The zero-order valence-corrected chi connectivity index (χ0v) is 19.7. The van der Waals surface area contributed by atoms with Crippen molar-refractivity contribution in [3.8, 4) is 0 Å². The molecule has 2 aliphatic heterocycles. The van der Waals surface area contributed by atoms with E-state index in [-0.39, 0.29) is 17.9 Å². The molecule has 0 radical (unpaired) electrons. The number of hydrogen-bond donors (Lipinski definition) is 1. The lowest BCUT2D eigenvalue weighted by Gasteiger charge is -2.35. The molecule has 1 saturated heterocycles. The van der Waals surface area contributed by atoms with Crippen LogP contribution in [-0.2, 0) is 4.79 Å². The Morgan fingerprint density at radius 3 is 2.28 bits per heavy atom. The Kier molecular flexibility index (Phi) is 8.20. The first-order valence-electron chi connectivity index (χ1n) is 12.8. The van der Waals surface area contributed by atoms with E-state index in [1.165, 1.54) is 38.6 Å². The van der Waals surface area contributed by atoms with Gasteiger partial charge in [-0.3, -0.25) is 9.59 Å². The van der Waals surface area contributed by atoms with Gasteiger partial charge in [-0.15, -0.1) is 0 Å². The molecule has 2 amide bonds. The number of piperazine rings is 1. The monoisotopic (exact) mass is 440 g/mol. The molecular weight excluding hydrogens is 400 g/mol. The maximum absolute atomic E-state index is 13.4. The van der Waals surface area contributed by atoms with Gasteiger partial charge in [-0.25, -0.2) is 0 Å². The van der Waals surface area contributed by atoms with E-state index in [0.717, 1.165) is 57.5 Å². The van der Waals surface area contributed by atoms with Crippen molar-refractivity contribution < 1.29 is 9.59 Å². The lowest BCUT2D eigenvalue weighted by atomic mass is 10.0. The largest absolute Gasteiger partial charge is 0.351 e. The number of benzene rings is 1. The molecule has 1 saturated carbocycles. The second-order valence-electron chi connectivity index (χ2n) is 9.72. The standard InChI is InChI=1S/C26H40N4O2/c1-2-14-28-17-19-29(20-18-28)15-9-16-30-24(22-12-7-8-13-23(22)26(30)32)25(31)27-21-10-5-3-4-6-11-21/h7-8,12-13,21,24H,2-6,9-11,14-20H2,1H3,(H,27,31)/t24-/m0/s1. The summed E-state index contributed by atoms with van der Waals surface area (Å²) in [5.41, 5.74) is 1.57. The second-order valence-corrected chi connectivity index (χ2v) is 9.72. The predicted octanol–water partition coefficient (Wildman–Crippen LogP) is 3.44. The Morgan fingerprint density at radius 2 is 1.59 bits per heavy atom. The fraction of sp³-hybridized carbons (Fsp3) is 0.692. The van der Waals surface area contributed by atoms with Crippen LogP contribution in [0.3, 0.4) is 0 Å². The molecule has 1 aromatic rings. The molecule has 1 N–H and O–H groups in total. The number of hydrogen-bond acceptors (Lipinski definition) is 4. The van der Waals surface area contributed by atoms with Crippen LogP contribution >= 0.6 is 0 Å². The number of amides is 2. The van der Waals surface area contributed by atoms with Gasteiger partial charge in [-0.2, -0.15) is 0 Å². The molecule has 2 heterocycles. The van der Waals surface area contributed by atoms with E-state index in [1.54, 1.807) is 0 Å². The van der Waals surface area contributed by atoms with Crippen LogP contribution in [0.25, 0.3) is 0 Å². The van der Waals surface area contributed by atoms with E-state index >= 15 is 0 Å². The third-order valence-corrected chi connectivity index (χ3v) is 7.39. The van der Waals surface area contributed by atoms with E-state index in [1.807, 2.05) is 29.2 Å². The Morgan fingerprint density at radius 1 is 0.938 bits per heavy atom. The van der Waals surface area contributed by atoms with Gasteiger partial charge >= 0.3 is 0 Å². The molecule has 4 rings (SSSR count). The molecule has 2 fully saturated rings. The molecule has 1 aromatic carbocycles. The van der Waals surface area contributed by atoms with Crippen molar-refractivity contribution in [2.24, 2.45) is 0 Å². The van der Waals surface area contributed by atoms with E-state index < -0.39 is 6.04 Å². The van der Waals surface area contributed by atoms with Crippen LogP contribution in [0.15, 0.2) is 24.3 Å². The van der Waals surface area contributed by atoms with Gasteiger partial charge in [-0.1, -0.05) is 50.8 Å². The number of rotatable bonds is 8. The lowest BCUT2D eigenvalue weighted by molar-refractivity contribution is -0.126. The Labute approximate surface area is 193 Å². The fourth-order valence-electron chi connectivity index (χ4n) is 5.60. The van der Waals surface area contributed by atoms with Gasteiger partial charge in [0.1, 0.15) is 6.04 Å². The summed E-state index contributed by atoms with van der Waals surface area (Å²) in [7, 11) is 0. The van der Waals surface area contributed by atoms with Crippen LogP contribution in [0.5, 0.6) is 0 Å². The summed E-state index contributed by atoms with van der Waals surface area (Å²) in [6.07, 6.45) is 9.10. The molecule has 0 spiro atoms. The molecule has 6 heteroatoms. The quantitative estimate of drug-likeness (QED) is 0.629. The van der Waals surface area contributed by atoms with Gasteiger partial charge in [0, 0.05) is 44.3 Å². The third-order valence-electron chi connectivity index (χ3n) is 7.39. The molecule has 0 aromatic heterocycles. The molecule has 6 nitrogen and oxygen atoms in total. The highest BCUT2D eigenvalue weighted by Gasteiger charge is 2.41. The van der Waals surface area contributed by atoms with Gasteiger partial charge in [0.15, 0.2) is 0 Å². The Balaban J connectivity index is 1.36. The minimum Gasteiger partial charge on any atom is -0.351 e. The van der Waals surface area contributed by atoms with Crippen LogP contribution < -0.4 is 5.32 Å². The smallest absolute Gasteiger partial charge is 0.255 e. The topological polar surface area (TPSA) is 55.9 Å². The van der Waals surface area contributed by atoms with Gasteiger partial charge in [0.25, 0.3) is 5.91 Å². The normalized spacial score (nSPS) is 23.2. The molecule has 32 heavy (non-hydrogen) atoms. The van der Waals surface area contributed by atoms with Crippen LogP contribution in [0, 0.1) is 0 Å². The summed E-state index contributed by atoms with van der Waals surface area (Å²) in [6, 6.07) is 7.43. The number of nitrogens with zero attached hydrogens (tertiary/aromatic N) is 3. The number of carbonyl (C=O) groups is 2. The maximum atomic E-state index is 13.4. The van der Waals surface area contributed by atoms with Crippen LogP contribution in [0.4, 0.5) is 0 Å². The van der Waals surface area contributed by atoms with Crippen molar-refractivity contribution in [1.29, 1.82) is 0 Å². The summed E-state index contributed by atoms with van der Waals surface area (Å²) in [6.45, 7) is 9.50. The zero-order chi connectivity index (χ0) is 22.3. The molecule has 1 aliphatic carbocycles. The number of carbonyl (C=O) groups excluding carboxylic acids is 2. The molecule has 0 unspecified atom stereocenters. The molecular formula is C26H40N4O2. The van der Waals surface area contributed by atoms with Crippen molar-refractivity contribution >= 4 is 11.8 Å². The van der Waals surface area contributed by atoms with Crippen molar-refractivity contribution in [3.63, 3.8) is 0 Å². The summed E-state index contributed by atoms with van der Waals surface area (Å²) in [5.74, 6) is 0.0118. The van der Waals surface area contributed by atoms with Crippen molar-refractivity contribution in [3.05, 3.63) is 35.4 Å². The highest BCUT2D eigenvalue weighted by Crippen LogP contribution is 2.34. The van der Waals surface area contributed by atoms with E-state index in [2.05, 4.69) is 22.0 Å². The zero-order valence-electron chi connectivity index (χ0n) is 19.7. The lowest BCUT2D eigenvalue weighted by Crippen LogP contribution is -2.47. The van der Waals surface area contributed by atoms with Crippen LogP contribution in [0.1, 0.15) is 80.3 Å². The average Bonchev–Trinajstić information content (AvgIpc) is 2.94. The molecule has 3 aliphatic rings. The van der Waals surface area contributed by atoms with E-state index in [4.69, 9.17) is 0 Å². The predicted molar refractivity (Wildman–Crippen MR) is 128 cm³/mol. The second kappa shape index (κ2) is 11.3. The molecule has 1 atom stereocenters. The first kappa shape index (κ1) is 23.2. The van der Waals surface area contributed by atoms with E-state index in [9.17, 15) is 9.59 Å². The fourth-order valence-corrected chi connectivity index (χ4v) is 5.60. The Bertz CT molecular complexity index is 767. The van der Waals surface area contributed by atoms with Crippen LogP contribution in [0.2, 0.25) is 0 Å². The van der Waals surface area contributed by atoms with Gasteiger partial charge in [0.2, 0.25) is 5.91 Å². The van der Waals surface area contributed by atoms with Gasteiger partial charge < -0.3 is 20.0 Å². The summed E-state index contributed by atoms with van der Waals surface area (Å²) >= 11 is 0. The first-order chi connectivity index (χ1) is 15.7. The van der Waals surface area contributed by atoms with Crippen molar-refractivity contribution in [2.75, 3.05) is 45.8 Å². The highest BCUT2D eigenvalue weighted by atomic mass is 16.2. The maximum Gasteiger partial charge on any atom is 0.255 e. The molecule has 0 bridgehead atoms.